The number of sulfonamides is 1. The molecular weight excluding hydrogens is 286 g/mol. The van der Waals surface area contributed by atoms with Crippen molar-refractivity contribution in [2.45, 2.75) is 18.4 Å². The maximum Gasteiger partial charge on any atom is 0.243 e. The zero-order valence-corrected chi connectivity index (χ0v) is 13.0. The van der Waals surface area contributed by atoms with E-state index in [2.05, 4.69) is 0 Å². The lowest BCUT2D eigenvalue weighted by Crippen LogP contribution is -2.30. The van der Waals surface area contributed by atoms with Crippen LogP contribution in [-0.4, -0.2) is 26.4 Å². The van der Waals surface area contributed by atoms with E-state index in [4.69, 9.17) is 4.74 Å². The number of benzene rings is 2. The fraction of sp³-hybridized carbons (Fsp3) is 0.250. The van der Waals surface area contributed by atoms with E-state index in [1.165, 1.54) is 11.4 Å². The van der Waals surface area contributed by atoms with E-state index in [9.17, 15) is 8.42 Å². The van der Waals surface area contributed by atoms with Crippen molar-refractivity contribution < 1.29 is 13.2 Å². The predicted octanol–water partition coefficient (Wildman–Crippen LogP) is 2.91. The third-order valence-electron chi connectivity index (χ3n) is 3.23. The van der Waals surface area contributed by atoms with E-state index < -0.39 is 10.0 Å². The number of hydrogen-bond donors (Lipinski definition) is 0. The highest BCUT2D eigenvalue weighted by Gasteiger charge is 2.23. The molecule has 0 bridgehead atoms. The summed E-state index contributed by atoms with van der Waals surface area (Å²) in [5.41, 5.74) is 0.964. The van der Waals surface area contributed by atoms with Crippen LogP contribution < -0.4 is 4.74 Å². The van der Waals surface area contributed by atoms with Gasteiger partial charge < -0.3 is 4.74 Å². The quantitative estimate of drug-likeness (QED) is 0.824. The third kappa shape index (κ3) is 3.62. The normalized spacial score (nSPS) is 11.6. The largest absolute Gasteiger partial charge is 0.497 e. The van der Waals surface area contributed by atoms with E-state index in [0.29, 0.717) is 18.8 Å². The minimum Gasteiger partial charge on any atom is -0.497 e. The molecule has 2 rings (SSSR count). The summed E-state index contributed by atoms with van der Waals surface area (Å²) in [6.45, 7) is 2.60. The molecule has 0 N–H and O–H groups in total. The van der Waals surface area contributed by atoms with Crippen molar-refractivity contribution in [2.75, 3.05) is 13.7 Å². The smallest absolute Gasteiger partial charge is 0.243 e. The zero-order chi connectivity index (χ0) is 15.3. The van der Waals surface area contributed by atoms with Crippen molar-refractivity contribution in [3.8, 4) is 5.75 Å². The molecule has 21 heavy (non-hydrogen) atoms. The molecule has 0 heterocycles. The van der Waals surface area contributed by atoms with Gasteiger partial charge in [-0.2, -0.15) is 4.31 Å². The third-order valence-corrected chi connectivity index (χ3v) is 5.15. The van der Waals surface area contributed by atoms with Crippen LogP contribution in [0.1, 0.15) is 12.5 Å². The molecule has 0 fully saturated rings. The first-order valence-electron chi connectivity index (χ1n) is 6.76. The minimum atomic E-state index is -3.53. The van der Waals surface area contributed by atoms with E-state index in [0.717, 1.165) is 5.56 Å². The molecule has 2 aromatic carbocycles. The lowest BCUT2D eigenvalue weighted by Gasteiger charge is -2.21. The van der Waals surface area contributed by atoms with Gasteiger partial charge in [0.1, 0.15) is 5.75 Å². The maximum atomic E-state index is 12.7. The molecule has 0 radical (unpaired) electrons. The van der Waals surface area contributed by atoms with Crippen molar-refractivity contribution in [3.05, 3.63) is 60.2 Å². The Bertz CT molecular complexity index is 684. The molecule has 5 heteroatoms. The lowest BCUT2D eigenvalue weighted by atomic mass is 10.2. The second-order valence-electron chi connectivity index (χ2n) is 4.60. The van der Waals surface area contributed by atoms with E-state index in [1.54, 1.807) is 24.3 Å². The summed E-state index contributed by atoms with van der Waals surface area (Å²) in [7, 11) is -2.01. The Hall–Kier alpha value is -1.85. The van der Waals surface area contributed by atoms with Gasteiger partial charge in [-0.1, -0.05) is 43.3 Å². The number of hydrogen-bond acceptors (Lipinski definition) is 3. The Balaban J connectivity index is 2.31. The highest BCUT2D eigenvalue weighted by atomic mass is 32.2. The van der Waals surface area contributed by atoms with Gasteiger partial charge in [0.2, 0.25) is 10.0 Å². The van der Waals surface area contributed by atoms with E-state index in [1.807, 2.05) is 37.3 Å². The molecule has 0 atom stereocenters. The van der Waals surface area contributed by atoms with Gasteiger partial charge >= 0.3 is 0 Å². The molecule has 0 saturated carbocycles. The molecule has 0 aliphatic rings. The summed E-state index contributed by atoms with van der Waals surface area (Å²) in [6.07, 6.45) is 0. The standard InChI is InChI=1S/C16H19NO3S/c1-3-17(13-14-8-5-4-6-9-14)21(18,19)16-11-7-10-15(12-16)20-2/h4-12H,3,13H2,1-2H3. The predicted molar refractivity (Wildman–Crippen MR) is 82.7 cm³/mol. The minimum absolute atomic E-state index is 0.250. The molecule has 0 amide bonds. The highest BCUT2D eigenvalue weighted by Crippen LogP contribution is 2.22. The van der Waals surface area contributed by atoms with Crippen LogP contribution >= 0.6 is 0 Å². The van der Waals surface area contributed by atoms with Gasteiger partial charge in [0.05, 0.1) is 12.0 Å². The number of ether oxygens (including phenoxy) is 1. The SMILES string of the molecule is CCN(Cc1ccccc1)S(=O)(=O)c1cccc(OC)c1. The van der Waals surface area contributed by atoms with Gasteiger partial charge in [-0.25, -0.2) is 8.42 Å². The summed E-state index contributed by atoms with van der Waals surface area (Å²) in [6, 6.07) is 16.1. The first kappa shape index (κ1) is 15.5. The van der Waals surface area contributed by atoms with Crippen LogP contribution in [0.3, 0.4) is 0 Å². The van der Waals surface area contributed by atoms with Gasteiger partial charge in [0, 0.05) is 19.2 Å². The molecular formula is C16H19NO3S. The maximum absolute atomic E-state index is 12.7. The van der Waals surface area contributed by atoms with Crippen LogP contribution in [-0.2, 0) is 16.6 Å². The van der Waals surface area contributed by atoms with Crippen LogP contribution in [0.25, 0.3) is 0 Å². The van der Waals surface area contributed by atoms with Crippen LogP contribution in [0.5, 0.6) is 5.75 Å². The molecule has 0 aliphatic carbocycles. The molecule has 0 saturated heterocycles. The van der Waals surface area contributed by atoms with Crippen molar-refractivity contribution in [3.63, 3.8) is 0 Å². The highest BCUT2D eigenvalue weighted by molar-refractivity contribution is 7.89. The molecule has 0 spiro atoms. The second-order valence-corrected chi connectivity index (χ2v) is 6.53. The topological polar surface area (TPSA) is 46.6 Å². The van der Waals surface area contributed by atoms with Gasteiger partial charge in [0.15, 0.2) is 0 Å². The van der Waals surface area contributed by atoms with Crippen LogP contribution in [0.15, 0.2) is 59.5 Å². The Morgan fingerprint density at radius 1 is 1.05 bits per heavy atom. The van der Waals surface area contributed by atoms with E-state index in [-0.39, 0.29) is 4.90 Å². The number of nitrogens with zero attached hydrogens (tertiary/aromatic N) is 1. The fourth-order valence-corrected chi connectivity index (χ4v) is 3.54. The van der Waals surface area contributed by atoms with Crippen LogP contribution in [0.4, 0.5) is 0 Å². The Kier molecular flexibility index (Phi) is 4.98. The molecule has 4 nitrogen and oxygen atoms in total. The van der Waals surface area contributed by atoms with Crippen molar-refractivity contribution >= 4 is 10.0 Å². The summed E-state index contributed by atoms with van der Waals surface area (Å²) < 4.78 is 32.0. The van der Waals surface area contributed by atoms with Crippen LogP contribution in [0, 0.1) is 0 Å². The first-order chi connectivity index (χ1) is 10.1. The molecule has 0 aromatic heterocycles. The molecule has 112 valence electrons. The molecule has 0 unspecified atom stereocenters. The summed E-state index contributed by atoms with van der Waals surface area (Å²) >= 11 is 0. The zero-order valence-electron chi connectivity index (χ0n) is 12.2. The average molecular weight is 305 g/mol. The monoisotopic (exact) mass is 305 g/mol. The number of rotatable bonds is 6. The van der Waals surface area contributed by atoms with E-state index >= 15 is 0 Å². The summed E-state index contributed by atoms with van der Waals surface area (Å²) in [5.74, 6) is 0.534. The van der Waals surface area contributed by atoms with Gasteiger partial charge in [-0.3, -0.25) is 0 Å². The van der Waals surface area contributed by atoms with Gasteiger partial charge in [0.25, 0.3) is 0 Å². The Morgan fingerprint density at radius 2 is 1.76 bits per heavy atom. The summed E-state index contributed by atoms with van der Waals surface area (Å²) in [5, 5.41) is 0. The Labute approximate surface area is 126 Å². The van der Waals surface area contributed by atoms with Crippen LogP contribution in [0.2, 0.25) is 0 Å². The molecule has 0 aliphatic heterocycles. The first-order valence-corrected chi connectivity index (χ1v) is 8.20. The van der Waals surface area contributed by atoms with Crippen molar-refractivity contribution in [1.82, 2.24) is 4.31 Å². The van der Waals surface area contributed by atoms with Crippen molar-refractivity contribution in [1.29, 1.82) is 0 Å². The van der Waals surface area contributed by atoms with Gasteiger partial charge in [-0.15, -0.1) is 0 Å². The average Bonchev–Trinajstić information content (AvgIpc) is 2.53. The van der Waals surface area contributed by atoms with Gasteiger partial charge in [-0.05, 0) is 17.7 Å². The second kappa shape index (κ2) is 6.74. The van der Waals surface area contributed by atoms with Crippen molar-refractivity contribution in [2.24, 2.45) is 0 Å². The lowest BCUT2D eigenvalue weighted by molar-refractivity contribution is 0.409. The molecule has 2 aromatic rings. The Morgan fingerprint density at radius 3 is 2.38 bits per heavy atom. The fourth-order valence-electron chi connectivity index (χ4n) is 2.06. The summed E-state index contributed by atoms with van der Waals surface area (Å²) in [4.78, 5) is 0.250. The number of methoxy groups -OCH3 is 1.